The smallest absolute Gasteiger partial charge is 0.416 e. The van der Waals surface area contributed by atoms with Gasteiger partial charge in [0.1, 0.15) is 34.8 Å². The number of allylic oxidation sites excluding steroid dienone is 1. The van der Waals surface area contributed by atoms with Gasteiger partial charge in [0.05, 0.1) is 24.0 Å². The Morgan fingerprint density at radius 1 is 1.02 bits per heavy atom. The molecule has 5 atom stereocenters. The molecule has 2 saturated carbocycles. The summed E-state index contributed by atoms with van der Waals surface area (Å²) in [6.07, 6.45) is 1.04. The van der Waals surface area contributed by atoms with Crippen molar-refractivity contribution >= 4 is 61.7 Å². The molecule has 0 radical (unpaired) electrons. The summed E-state index contributed by atoms with van der Waals surface area (Å²) in [5.41, 5.74) is -1.55. The van der Waals surface area contributed by atoms with Crippen molar-refractivity contribution in [3.8, 4) is 17.3 Å². The summed E-state index contributed by atoms with van der Waals surface area (Å²) in [5, 5.41) is 5.77. The topological polar surface area (TPSA) is 216 Å². The number of hydrogen-bond donors (Lipinski definition) is 3. The summed E-state index contributed by atoms with van der Waals surface area (Å²) in [4.78, 5) is 78.4. The van der Waals surface area contributed by atoms with Crippen molar-refractivity contribution in [3.05, 3.63) is 66.2 Å². The van der Waals surface area contributed by atoms with E-state index in [9.17, 15) is 45.6 Å². The fraction of sp³-hybridized carbons (Fsp3) is 0.452. The van der Waals surface area contributed by atoms with Gasteiger partial charge < -0.3 is 29.4 Å². The zero-order valence-corrected chi connectivity index (χ0v) is 34.4. The molecule has 4 heterocycles. The van der Waals surface area contributed by atoms with Crippen LogP contribution in [0.4, 0.5) is 13.2 Å². The van der Waals surface area contributed by atoms with E-state index in [1.807, 2.05) is 6.08 Å². The van der Waals surface area contributed by atoms with Crippen LogP contribution < -0.4 is 20.1 Å². The lowest BCUT2D eigenvalue weighted by atomic mass is 10.0. The van der Waals surface area contributed by atoms with Gasteiger partial charge in [-0.1, -0.05) is 49.3 Å². The predicted molar refractivity (Wildman–Crippen MR) is 214 cm³/mol. The van der Waals surface area contributed by atoms with E-state index in [1.165, 1.54) is 24.0 Å². The molecule has 0 bridgehead atoms. The minimum Gasteiger partial charge on any atom is -0.470 e. The van der Waals surface area contributed by atoms with Crippen LogP contribution in [0.15, 0.2) is 65.1 Å². The number of sulfonamides is 1. The van der Waals surface area contributed by atoms with Gasteiger partial charge in [0, 0.05) is 23.3 Å². The molecule has 4 aliphatic rings. The van der Waals surface area contributed by atoms with Crippen LogP contribution in [0.5, 0.6) is 5.88 Å². The van der Waals surface area contributed by atoms with E-state index in [0.29, 0.717) is 49.5 Å². The Balaban J connectivity index is 1.15. The average molecular weight is 881 g/mol. The summed E-state index contributed by atoms with van der Waals surface area (Å²) in [6.45, 7) is 1.25. The monoisotopic (exact) mass is 880 g/mol. The number of carbonyl (C=O) groups excluding carboxylic acids is 5. The zero-order valence-electron chi connectivity index (χ0n) is 33.6. The van der Waals surface area contributed by atoms with Crippen molar-refractivity contribution in [3.63, 3.8) is 0 Å². The van der Waals surface area contributed by atoms with Crippen molar-refractivity contribution in [1.29, 1.82) is 0 Å². The zero-order chi connectivity index (χ0) is 44.2. The number of amides is 4. The molecule has 1 saturated heterocycles. The summed E-state index contributed by atoms with van der Waals surface area (Å²) in [6, 6.07) is 8.47. The molecule has 8 rings (SSSR count). The fourth-order valence-corrected chi connectivity index (χ4v) is 9.31. The van der Waals surface area contributed by atoms with Crippen LogP contribution in [-0.2, 0) is 44.9 Å². The van der Waals surface area contributed by atoms with Crippen molar-refractivity contribution in [1.82, 2.24) is 30.2 Å². The Morgan fingerprint density at radius 3 is 2.47 bits per heavy atom. The van der Waals surface area contributed by atoms with E-state index < -0.39 is 85.8 Å². The molecule has 2 aliphatic heterocycles. The van der Waals surface area contributed by atoms with Gasteiger partial charge in [-0.05, 0) is 69.7 Å². The van der Waals surface area contributed by atoms with Crippen LogP contribution in [0, 0.1) is 5.92 Å². The van der Waals surface area contributed by atoms with E-state index in [0.717, 1.165) is 19.2 Å². The summed E-state index contributed by atoms with van der Waals surface area (Å²) < 4.78 is 85.0. The number of hydrogen-bond acceptors (Lipinski definition) is 12. The molecule has 328 valence electrons. The highest BCUT2D eigenvalue weighted by Gasteiger charge is 2.63. The number of alkyl halides is 3. The molecule has 3 N–H and O–H groups in total. The summed E-state index contributed by atoms with van der Waals surface area (Å²) in [5.74, 6) is -5.57. The van der Waals surface area contributed by atoms with Crippen LogP contribution >= 0.6 is 0 Å². The first kappa shape index (κ1) is 42.6. The second-order valence-electron chi connectivity index (χ2n) is 16.4. The second kappa shape index (κ2) is 16.0. The highest BCUT2D eigenvalue weighted by Crippen LogP contribution is 2.48. The third-order valence-electron chi connectivity index (χ3n) is 12.1. The maximum atomic E-state index is 14.6. The molecule has 3 fully saturated rings. The largest absolute Gasteiger partial charge is 0.470 e. The first-order valence-corrected chi connectivity index (χ1v) is 21.7. The number of halogens is 3. The summed E-state index contributed by atoms with van der Waals surface area (Å²) in [7, 11) is -3.08. The van der Waals surface area contributed by atoms with Crippen LogP contribution in [0.2, 0.25) is 0 Å². The van der Waals surface area contributed by atoms with Crippen molar-refractivity contribution < 1.29 is 59.5 Å². The van der Waals surface area contributed by atoms with Gasteiger partial charge in [0.25, 0.3) is 11.8 Å². The maximum Gasteiger partial charge on any atom is 0.416 e. The van der Waals surface area contributed by atoms with Crippen LogP contribution in [-0.4, -0.2) is 95.0 Å². The fourth-order valence-electron chi connectivity index (χ4n) is 8.00. The Bertz CT molecular complexity index is 2610. The first-order chi connectivity index (χ1) is 29.4. The Kier molecular flexibility index (Phi) is 11.0. The van der Waals surface area contributed by atoms with Gasteiger partial charge in [-0.15, -0.1) is 0 Å². The molecule has 62 heavy (non-hydrogen) atoms. The number of esters is 1. The Labute approximate surface area is 353 Å². The Hall–Kier alpha value is -6.05. The highest BCUT2D eigenvalue weighted by molar-refractivity contribution is 7.91. The molecule has 4 aromatic rings. The quantitative estimate of drug-likeness (QED) is 0.133. The van der Waals surface area contributed by atoms with Gasteiger partial charge in [-0.25, -0.2) is 18.2 Å². The molecule has 0 unspecified atom stereocenters. The number of furan rings is 1. The number of methoxy groups -OCH3 is 1. The van der Waals surface area contributed by atoms with Crippen LogP contribution in [0.3, 0.4) is 0 Å². The predicted octanol–water partition coefficient (Wildman–Crippen LogP) is 4.46. The van der Waals surface area contributed by atoms with Crippen molar-refractivity contribution in [2.24, 2.45) is 5.92 Å². The molecule has 2 aliphatic carbocycles. The molecular formula is C42H43F3N6O10S. The number of fused-ring (bicyclic) bond motifs is 5. The number of nitrogens with zero attached hydrogens (tertiary/aromatic N) is 3. The molecule has 20 heteroatoms. The van der Waals surface area contributed by atoms with E-state index in [1.54, 1.807) is 30.3 Å². The molecule has 2 aromatic heterocycles. The Morgan fingerprint density at radius 2 is 1.76 bits per heavy atom. The van der Waals surface area contributed by atoms with Gasteiger partial charge in [0.15, 0.2) is 5.82 Å². The number of rotatable bonds is 7. The molecule has 0 spiro atoms. The minimum absolute atomic E-state index is 0.00387. The lowest BCUT2D eigenvalue weighted by Crippen LogP contribution is -2.59. The molecule has 2 aromatic carbocycles. The lowest BCUT2D eigenvalue weighted by Gasteiger charge is -2.29. The number of nitrogens with one attached hydrogen (secondary N) is 3. The van der Waals surface area contributed by atoms with Crippen LogP contribution in [0.1, 0.15) is 70.3 Å². The molecular weight excluding hydrogens is 838 g/mol. The highest BCUT2D eigenvalue weighted by atomic mass is 32.2. The molecule has 16 nitrogen and oxygen atoms in total. The van der Waals surface area contributed by atoms with Gasteiger partial charge >= 0.3 is 18.1 Å². The number of aromatic nitrogens is 2. The number of carbonyl (C=O) groups is 5. The minimum atomic E-state index is -4.59. The van der Waals surface area contributed by atoms with E-state index in [2.05, 4.69) is 30.1 Å². The number of para-hydroxylation sites is 1. The normalized spacial score (nSPS) is 25.1. The maximum absolute atomic E-state index is 14.6. The van der Waals surface area contributed by atoms with Gasteiger partial charge in [-0.2, -0.15) is 18.2 Å². The summed E-state index contributed by atoms with van der Waals surface area (Å²) >= 11 is 0. The first-order valence-electron chi connectivity index (χ1n) is 20.2. The standard InChI is InChI=1S/C42H43F3N6O10S/c1-40(18-19-40)62(57,58)50-39(56)41-21-25(41)10-6-4-3-5-7-12-28(46-35(53)38(55)59-2)37(54)51-22-26(20-29(51)34(52)49-41)60-36-32-31(27-11-8-9-13-30(27)61-32)47-33(48-36)23-14-16-24(17-15-23)42(43,44)45/h6,8-11,13-17,25-26,28-29H,3-5,7,12,18-22H2,1-2H3,(H,46,53)(H,49,52)(H,50,56)/t25-,26-,28+,29+,41-/m1/s1. The van der Waals surface area contributed by atoms with E-state index in [4.69, 9.17) is 9.15 Å². The third-order valence-corrected chi connectivity index (χ3v) is 14.2. The SMILES string of the molecule is COC(=O)C(=O)N[C@H]1CCCCCC=C[C@@H]2C[C@@]2(C(=O)NS(=O)(=O)C2(C)CC2)NC(=O)[C@@H]2C[C@@H](Oc3nc(-c4ccc(C(F)(F)F)cc4)nc4c3oc3ccccc34)CN2C1=O. The molecule has 4 amide bonds. The number of benzene rings is 2. The van der Waals surface area contributed by atoms with E-state index >= 15 is 0 Å². The van der Waals surface area contributed by atoms with Gasteiger partial charge in [-0.3, -0.25) is 23.9 Å². The number of ether oxygens (including phenoxy) is 2. The van der Waals surface area contributed by atoms with Crippen molar-refractivity contribution in [2.75, 3.05) is 13.7 Å². The third kappa shape index (κ3) is 8.18. The van der Waals surface area contributed by atoms with Gasteiger partial charge in [0.2, 0.25) is 27.4 Å². The second-order valence-corrected chi connectivity index (χ2v) is 18.6. The van der Waals surface area contributed by atoms with Crippen LogP contribution in [0.25, 0.3) is 33.5 Å². The average Bonchev–Trinajstić information content (AvgIpc) is 4.06. The van der Waals surface area contributed by atoms with Crippen molar-refractivity contribution in [2.45, 2.75) is 99.4 Å². The van der Waals surface area contributed by atoms with E-state index in [-0.39, 0.29) is 54.2 Å². The lowest BCUT2D eigenvalue weighted by molar-refractivity contribution is -0.154.